The summed E-state index contributed by atoms with van der Waals surface area (Å²) in [4.78, 5) is 18.4. The molecule has 1 aliphatic heterocycles. The summed E-state index contributed by atoms with van der Waals surface area (Å²) in [5.41, 5.74) is 0.717. The van der Waals surface area contributed by atoms with E-state index in [1.165, 1.54) is 11.3 Å². The number of carboxylic acids is 1. The van der Waals surface area contributed by atoms with Gasteiger partial charge in [0.2, 0.25) is 0 Å². The standard InChI is InChI=1S/C13H20N2O3S/c1-9(2)11-12(13(16)17)19-10(14-11)3-4-15-5-7-18-8-6-15/h9H,3-8H2,1-2H3,(H,16,17). The van der Waals surface area contributed by atoms with Crippen molar-refractivity contribution in [2.45, 2.75) is 26.2 Å². The van der Waals surface area contributed by atoms with E-state index in [1.54, 1.807) is 0 Å². The predicted octanol–water partition coefficient (Wildman–Crippen LogP) is 1.84. The summed E-state index contributed by atoms with van der Waals surface area (Å²) in [5, 5.41) is 10.1. The number of carbonyl (C=O) groups is 1. The van der Waals surface area contributed by atoms with Gasteiger partial charge in [0, 0.05) is 26.1 Å². The van der Waals surface area contributed by atoms with Gasteiger partial charge >= 0.3 is 5.97 Å². The monoisotopic (exact) mass is 284 g/mol. The van der Waals surface area contributed by atoms with E-state index in [0.29, 0.717) is 4.88 Å². The first-order chi connectivity index (χ1) is 9.08. The van der Waals surface area contributed by atoms with Crippen LogP contribution >= 0.6 is 11.3 Å². The number of aromatic carboxylic acids is 1. The maximum Gasteiger partial charge on any atom is 0.347 e. The van der Waals surface area contributed by atoms with E-state index < -0.39 is 5.97 Å². The normalized spacial score (nSPS) is 17.0. The second kappa shape index (κ2) is 6.45. The smallest absolute Gasteiger partial charge is 0.347 e. The molecule has 1 aromatic heterocycles. The third-order valence-corrected chi connectivity index (χ3v) is 4.30. The molecule has 0 atom stereocenters. The van der Waals surface area contributed by atoms with Gasteiger partial charge in [-0.15, -0.1) is 11.3 Å². The average Bonchev–Trinajstić information content (AvgIpc) is 2.82. The topological polar surface area (TPSA) is 62.7 Å². The number of hydrogen-bond acceptors (Lipinski definition) is 5. The van der Waals surface area contributed by atoms with Crippen molar-refractivity contribution in [2.75, 3.05) is 32.8 Å². The van der Waals surface area contributed by atoms with Crippen LogP contribution in [0.1, 0.15) is 40.1 Å². The lowest BCUT2D eigenvalue weighted by Gasteiger charge is -2.25. The largest absolute Gasteiger partial charge is 0.477 e. The van der Waals surface area contributed by atoms with Crippen molar-refractivity contribution < 1.29 is 14.6 Å². The number of carboxylic acid groups (broad SMARTS) is 1. The van der Waals surface area contributed by atoms with Crippen LogP contribution in [0.2, 0.25) is 0 Å². The minimum absolute atomic E-state index is 0.152. The van der Waals surface area contributed by atoms with Crippen molar-refractivity contribution in [1.82, 2.24) is 9.88 Å². The fourth-order valence-electron chi connectivity index (χ4n) is 2.11. The van der Waals surface area contributed by atoms with Crippen LogP contribution in [-0.4, -0.2) is 53.8 Å². The average molecular weight is 284 g/mol. The Morgan fingerprint density at radius 2 is 2.16 bits per heavy atom. The van der Waals surface area contributed by atoms with E-state index in [4.69, 9.17) is 4.74 Å². The van der Waals surface area contributed by atoms with Crippen LogP contribution in [0.25, 0.3) is 0 Å². The van der Waals surface area contributed by atoms with Crippen LogP contribution in [0.5, 0.6) is 0 Å². The van der Waals surface area contributed by atoms with Crippen molar-refractivity contribution in [2.24, 2.45) is 0 Å². The molecule has 0 radical (unpaired) electrons. The first-order valence-corrected chi connectivity index (χ1v) is 7.42. The highest BCUT2D eigenvalue weighted by molar-refractivity contribution is 7.13. The van der Waals surface area contributed by atoms with Crippen LogP contribution in [0.4, 0.5) is 0 Å². The molecule has 2 heterocycles. The first kappa shape index (κ1) is 14.4. The number of ether oxygens (including phenoxy) is 1. The van der Waals surface area contributed by atoms with E-state index in [1.807, 2.05) is 13.8 Å². The molecule has 0 bridgehead atoms. The zero-order valence-electron chi connectivity index (χ0n) is 11.4. The minimum Gasteiger partial charge on any atom is -0.477 e. The molecule has 19 heavy (non-hydrogen) atoms. The van der Waals surface area contributed by atoms with Crippen LogP contribution in [0.3, 0.4) is 0 Å². The highest BCUT2D eigenvalue weighted by Gasteiger charge is 2.20. The lowest BCUT2D eigenvalue weighted by Crippen LogP contribution is -2.37. The number of thiazole rings is 1. The molecule has 0 amide bonds. The Hall–Kier alpha value is -0.980. The van der Waals surface area contributed by atoms with Gasteiger partial charge in [0.05, 0.1) is 23.9 Å². The Balaban J connectivity index is 2.00. The zero-order valence-corrected chi connectivity index (χ0v) is 12.2. The van der Waals surface area contributed by atoms with Gasteiger partial charge in [0.1, 0.15) is 4.88 Å². The fourth-order valence-corrected chi connectivity index (χ4v) is 3.15. The molecule has 0 spiro atoms. The maximum atomic E-state index is 11.2. The molecule has 0 saturated carbocycles. The Morgan fingerprint density at radius 1 is 1.47 bits per heavy atom. The zero-order chi connectivity index (χ0) is 13.8. The second-order valence-corrected chi connectivity index (χ2v) is 6.07. The summed E-state index contributed by atoms with van der Waals surface area (Å²) in [6.07, 6.45) is 0.817. The van der Waals surface area contributed by atoms with Crippen molar-refractivity contribution in [1.29, 1.82) is 0 Å². The van der Waals surface area contributed by atoms with Gasteiger partial charge in [-0.25, -0.2) is 9.78 Å². The molecule has 0 unspecified atom stereocenters. The van der Waals surface area contributed by atoms with Crippen molar-refractivity contribution in [3.8, 4) is 0 Å². The summed E-state index contributed by atoms with van der Waals surface area (Å²) in [6.45, 7) is 8.36. The number of nitrogens with zero attached hydrogens (tertiary/aromatic N) is 2. The highest BCUT2D eigenvalue weighted by Crippen LogP contribution is 2.25. The van der Waals surface area contributed by atoms with E-state index in [2.05, 4.69) is 9.88 Å². The molecule has 1 aromatic rings. The predicted molar refractivity (Wildman–Crippen MR) is 74.1 cm³/mol. The third-order valence-electron chi connectivity index (χ3n) is 3.18. The van der Waals surface area contributed by atoms with Crippen LogP contribution in [0, 0.1) is 0 Å². The molecule has 106 valence electrons. The lowest BCUT2D eigenvalue weighted by atomic mass is 10.1. The molecular formula is C13H20N2O3S. The highest BCUT2D eigenvalue weighted by atomic mass is 32.1. The fraction of sp³-hybridized carbons (Fsp3) is 0.692. The molecule has 1 saturated heterocycles. The van der Waals surface area contributed by atoms with Gasteiger partial charge in [0.15, 0.2) is 0 Å². The van der Waals surface area contributed by atoms with Crippen molar-refractivity contribution in [3.05, 3.63) is 15.6 Å². The molecule has 0 aromatic carbocycles. The summed E-state index contributed by atoms with van der Waals surface area (Å²) in [5.74, 6) is -0.710. The molecule has 1 fully saturated rings. The maximum absolute atomic E-state index is 11.2. The van der Waals surface area contributed by atoms with Gasteiger partial charge < -0.3 is 9.84 Å². The minimum atomic E-state index is -0.862. The molecule has 2 rings (SSSR count). The summed E-state index contributed by atoms with van der Waals surface area (Å²) in [7, 11) is 0. The van der Waals surface area contributed by atoms with E-state index in [0.717, 1.165) is 50.0 Å². The Morgan fingerprint density at radius 3 is 2.68 bits per heavy atom. The number of hydrogen-bond donors (Lipinski definition) is 1. The summed E-state index contributed by atoms with van der Waals surface area (Å²) >= 11 is 1.32. The molecule has 1 N–H and O–H groups in total. The van der Waals surface area contributed by atoms with Crippen LogP contribution < -0.4 is 0 Å². The van der Waals surface area contributed by atoms with E-state index in [-0.39, 0.29) is 5.92 Å². The molecule has 0 aliphatic carbocycles. The van der Waals surface area contributed by atoms with Gasteiger partial charge in [-0.3, -0.25) is 4.90 Å². The van der Waals surface area contributed by atoms with Gasteiger partial charge in [-0.2, -0.15) is 0 Å². The van der Waals surface area contributed by atoms with Gasteiger partial charge in [-0.1, -0.05) is 13.8 Å². The molecular weight excluding hydrogens is 264 g/mol. The second-order valence-electron chi connectivity index (χ2n) is 4.99. The van der Waals surface area contributed by atoms with E-state index in [9.17, 15) is 9.90 Å². The number of aromatic nitrogens is 1. The van der Waals surface area contributed by atoms with Crippen molar-refractivity contribution >= 4 is 17.3 Å². The molecule has 6 heteroatoms. The van der Waals surface area contributed by atoms with E-state index >= 15 is 0 Å². The van der Waals surface area contributed by atoms with Crippen molar-refractivity contribution in [3.63, 3.8) is 0 Å². The third kappa shape index (κ3) is 3.75. The SMILES string of the molecule is CC(C)c1nc(CCN2CCOCC2)sc1C(=O)O. The Bertz CT molecular complexity index is 439. The molecule has 1 aliphatic rings. The quantitative estimate of drug-likeness (QED) is 0.894. The Kier molecular flexibility index (Phi) is 4.90. The van der Waals surface area contributed by atoms with Crippen LogP contribution in [-0.2, 0) is 11.2 Å². The first-order valence-electron chi connectivity index (χ1n) is 6.61. The summed E-state index contributed by atoms with van der Waals surface area (Å²) in [6, 6.07) is 0. The van der Waals surface area contributed by atoms with Crippen LogP contribution in [0.15, 0.2) is 0 Å². The summed E-state index contributed by atoms with van der Waals surface area (Å²) < 4.78 is 5.31. The molecule has 5 nitrogen and oxygen atoms in total. The van der Waals surface area contributed by atoms with Gasteiger partial charge in [-0.05, 0) is 5.92 Å². The Labute approximate surface area is 117 Å². The number of morpholine rings is 1. The lowest BCUT2D eigenvalue weighted by molar-refractivity contribution is 0.0384. The number of rotatable bonds is 5. The van der Waals surface area contributed by atoms with Gasteiger partial charge in [0.25, 0.3) is 0 Å².